The summed E-state index contributed by atoms with van der Waals surface area (Å²) in [6.45, 7) is 1.73. The quantitative estimate of drug-likeness (QED) is 0.466. The molecular weight excluding hydrogens is 420 g/mol. The van der Waals surface area contributed by atoms with Crippen molar-refractivity contribution in [3.05, 3.63) is 95.6 Å². The van der Waals surface area contributed by atoms with Gasteiger partial charge < -0.3 is 20.1 Å². The number of esters is 1. The fourth-order valence-corrected chi connectivity index (χ4v) is 3.03. The van der Waals surface area contributed by atoms with E-state index in [1.807, 2.05) is 61.5 Å². The maximum Gasteiger partial charge on any atom is 0.325 e. The highest BCUT2D eigenvalue weighted by Gasteiger charge is 2.11. The second-order valence-electron chi connectivity index (χ2n) is 7.31. The first kappa shape index (κ1) is 23.5. The highest BCUT2D eigenvalue weighted by molar-refractivity contribution is 5.96. The summed E-state index contributed by atoms with van der Waals surface area (Å²) < 4.78 is 10.6. The molecular formula is C26H26N2O5. The lowest BCUT2D eigenvalue weighted by Gasteiger charge is -2.09. The zero-order chi connectivity index (χ0) is 23.5. The number of benzene rings is 3. The van der Waals surface area contributed by atoms with E-state index in [4.69, 9.17) is 9.47 Å². The van der Waals surface area contributed by atoms with Gasteiger partial charge in [-0.2, -0.15) is 0 Å². The lowest BCUT2D eigenvalue weighted by Crippen LogP contribution is -2.34. The second-order valence-corrected chi connectivity index (χ2v) is 7.31. The van der Waals surface area contributed by atoms with Crippen LogP contribution in [0.25, 0.3) is 0 Å². The van der Waals surface area contributed by atoms with Crippen molar-refractivity contribution < 1.29 is 23.9 Å². The molecule has 7 heteroatoms. The van der Waals surface area contributed by atoms with E-state index in [9.17, 15) is 14.4 Å². The predicted octanol–water partition coefficient (Wildman–Crippen LogP) is 3.42. The van der Waals surface area contributed by atoms with Crippen molar-refractivity contribution >= 4 is 17.8 Å². The SMILES string of the molecule is Cc1ccccc1CCNC(=O)COC(=O)CNC(=O)c1ccc(Oc2ccccc2)cc1. The molecule has 0 aliphatic heterocycles. The minimum Gasteiger partial charge on any atom is -0.457 e. The van der Waals surface area contributed by atoms with Gasteiger partial charge in [0.1, 0.15) is 18.0 Å². The van der Waals surface area contributed by atoms with Crippen LogP contribution in [-0.2, 0) is 20.7 Å². The minimum absolute atomic E-state index is 0.336. The van der Waals surface area contributed by atoms with Gasteiger partial charge in [0, 0.05) is 12.1 Å². The fraction of sp³-hybridized carbons (Fsp3) is 0.192. The molecule has 170 valence electrons. The summed E-state index contributed by atoms with van der Waals surface area (Å²) in [6.07, 6.45) is 0.692. The Morgan fingerprint density at radius 1 is 0.788 bits per heavy atom. The summed E-state index contributed by atoms with van der Waals surface area (Å²) in [5.74, 6) is -0.234. The Kier molecular flexibility index (Phi) is 8.59. The summed E-state index contributed by atoms with van der Waals surface area (Å²) in [7, 11) is 0. The van der Waals surface area contributed by atoms with Crippen LogP contribution in [0.15, 0.2) is 78.9 Å². The average molecular weight is 447 g/mol. The molecule has 3 aromatic carbocycles. The van der Waals surface area contributed by atoms with Crippen molar-refractivity contribution in [2.24, 2.45) is 0 Å². The topological polar surface area (TPSA) is 93.7 Å². The van der Waals surface area contributed by atoms with Gasteiger partial charge in [-0.15, -0.1) is 0 Å². The zero-order valence-electron chi connectivity index (χ0n) is 18.4. The number of carbonyl (C=O) groups excluding carboxylic acids is 3. The molecule has 0 unspecified atom stereocenters. The van der Waals surface area contributed by atoms with Crippen LogP contribution in [-0.4, -0.2) is 37.5 Å². The molecule has 33 heavy (non-hydrogen) atoms. The Hall–Kier alpha value is -4.13. The van der Waals surface area contributed by atoms with Gasteiger partial charge in [-0.25, -0.2) is 0 Å². The minimum atomic E-state index is -0.693. The van der Waals surface area contributed by atoms with Gasteiger partial charge in [-0.1, -0.05) is 42.5 Å². The highest BCUT2D eigenvalue weighted by atomic mass is 16.5. The van der Waals surface area contributed by atoms with E-state index in [-0.39, 0.29) is 6.54 Å². The molecule has 0 aromatic heterocycles. The molecule has 2 amide bonds. The van der Waals surface area contributed by atoms with Crippen LogP contribution in [0.4, 0.5) is 0 Å². The molecule has 0 fully saturated rings. The molecule has 0 radical (unpaired) electrons. The Balaban J connectivity index is 1.34. The number of rotatable bonds is 10. The van der Waals surface area contributed by atoms with Crippen molar-refractivity contribution in [2.75, 3.05) is 19.7 Å². The normalized spacial score (nSPS) is 10.2. The van der Waals surface area contributed by atoms with Crippen LogP contribution in [0, 0.1) is 6.92 Å². The zero-order valence-corrected chi connectivity index (χ0v) is 18.4. The van der Waals surface area contributed by atoms with E-state index < -0.39 is 24.4 Å². The predicted molar refractivity (Wildman–Crippen MR) is 124 cm³/mol. The van der Waals surface area contributed by atoms with Gasteiger partial charge in [0.15, 0.2) is 6.61 Å². The molecule has 0 atom stereocenters. The molecule has 0 bridgehead atoms. The molecule has 3 rings (SSSR count). The Labute approximate surface area is 192 Å². The molecule has 0 saturated carbocycles. The molecule has 3 aromatic rings. The summed E-state index contributed by atoms with van der Waals surface area (Å²) in [5.41, 5.74) is 2.68. The van der Waals surface area contributed by atoms with Crippen LogP contribution < -0.4 is 15.4 Å². The van der Waals surface area contributed by atoms with Gasteiger partial charge in [0.05, 0.1) is 0 Å². The van der Waals surface area contributed by atoms with Crippen molar-refractivity contribution in [3.8, 4) is 11.5 Å². The lowest BCUT2D eigenvalue weighted by molar-refractivity contribution is -0.147. The monoisotopic (exact) mass is 446 g/mol. The van der Waals surface area contributed by atoms with Crippen molar-refractivity contribution in [3.63, 3.8) is 0 Å². The van der Waals surface area contributed by atoms with Crippen LogP contribution in [0.1, 0.15) is 21.5 Å². The Morgan fingerprint density at radius 3 is 2.18 bits per heavy atom. The maximum absolute atomic E-state index is 12.2. The summed E-state index contributed by atoms with van der Waals surface area (Å²) in [6, 6.07) is 23.8. The van der Waals surface area contributed by atoms with Crippen molar-refractivity contribution in [2.45, 2.75) is 13.3 Å². The first-order valence-electron chi connectivity index (χ1n) is 10.6. The number of para-hydroxylation sites is 1. The molecule has 0 aliphatic carbocycles. The molecule has 7 nitrogen and oxygen atoms in total. The average Bonchev–Trinajstić information content (AvgIpc) is 2.83. The number of hydrogen-bond donors (Lipinski definition) is 2. The molecule has 0 heterocycles. The number of nitrogens with one attached hydrogen (secondary N) is 2. The Bertz CT molecular complexity index is 1080. The third kappa shape index (κ3) is 7.81. The van der Waals surface area contributed by atoms with Crippen LogP contribution >= 0.6 is 0 Å². The van der Waals surface area contributed by atoms with Gasteiger partial charge in [-0.3, -0.25) is 14.4 Å². The molecule has 0 saturated heterocycles. The third-order valence-electron chi connectivity index (χ3n) is 4.83. The number of aryl methyl sites for hydroxylation is 1. The Morgan fingerprint density at radius 2 is 1.45 bits per heavy atom. The van der Waals surface area contributed by atoms with E-state index in [1.165, 1.54) is 0 Å². The molecule has 2 N–H and O–H groups in total. The smallest absolute Gasteiger partial charge is 0.325 e. The number of hydrogen-bond acceptors (Lipinski definition) is 5. The standard InChI is InChI=1S/C26H26N2O5/c1-19-7-5-6-8-20(19)15-16-27-24(29)18-32-25(30)17-28-26(31)21-11-13-23(14-12-21)33-22-9-3-2-4-10-22/h2-14H,15-18H2,1H3,(H,27,29)(H,28,31). The first-order chi connectivity index (χ1) is 16.0. The summed E-state index contributed by atoms with van der Waals surface area (Å²) in [5, 5.41) is 5.19. The number of ether oxygens (including phenoxy) is 2. The largest absolute Gasteiger partial charge is 0.457 e. The highest BCUT2D eigenvalue weighted by Crippen LogP contribution is 2.21. The molecule has 0 spiro atoms. The van der Waals surface area contributed by atoms with Crippen molar-refractivity contribution in [1.82, 2.24) is 10.6 Å². The van der Waals surface area contributed by atoms with E-state index in [2.05, 4.69) is 10.6 Å². The van der Waals surface area contributed by atoms with Crippen molar-refractivity contribution in [1.29, 1.82) is 0 Å². The summed E-state index contributed by atoms with van der Waals surface area (Å²) in [4.78, 5) is 35.9. The first-order valence-corrected chi connectivity index (χ1v) is 10.6. The van der Waals surface area contributed by atoms with E-state index in [1.54, 1.807) is 24.3 Å². The maximum atomic E-state index is 12.2. The van der Waals surface area contributed by atoms with E-state index >= 15 is 0 Å². The molecule has 0 aliphatic rings. The van der Waals surface area contributed by atoms with Gasteiger partial charge in [-0.05, 0) is 60.9 Å². The number of amides is 2. The second kappa shape index (κ2) is 12.0. The number of carbonyl (C=O) groups is 3. The van der Waals surface area contributed by atoms with Gasteiger partial charge >= 0.3 is 5.97 Å². The summed E-state index contributed by atoms with van der Waals surface area (Å²) >= 11 is 0. The van der Waals surface area contributed by atoms with E-state index in [0.29, 0.717) is 30.0 Å². The van der Waals surface area contributed by atoms with Gasteiger partial charge in [0.2, 0.25) is 0 Å². The lowest BCUT2D eigenvalue weighted by atomic mass is 10.1. The van der Waals surface area contributed by atoms with Crippen LogP contribution in [0.5, 0.6) is 11.5 Å². The van der Waals surface area contributed by atoms with E-state index in [0.717, 1.165) is 11.1 Å². The fourth-order valence-electron chi connectivity index (χ4n) is 3.03. The van der Waals surface area contributed by atoms with Gasteiger partial charge in [0.25, 0.3) is 11.8 Å². The third-order valence-corrected chi connectivity index (χ3v) is 4.83. The van der Waals surface area contributed by atoms with Crippen LogP contribution in [0.2, 0.25) is 0 Å². The van der Waals surface area contributed by atoms with Crippen LogP contribution in [0.3, 0.4) is 0 Å².